The molecule has 0 unspecified atom stereocenters. The van der Waals surface area contributed by atoms with E-state index >= 15 is 0 Å². The van der Waals surface area contributed by atoms with E-state index in [-0.39, 0.29) is 23.2 Å². The molecular weight excluding hydrogens is 395 g/mol. The first-order valence-corrected chi connectivity index (χ1v) is 8.91. The van der Waals surface area contributed by atoms with Crippen LogP contribution < -0.4 is 5.32 Å². The second-order valence-electron chi connectivity index (χ2n) is 6.92. The van der Waals surface area contributed by atoms with E-state index in [4.69, 9.17) is 11.6 Å². The van der Waals surface area contributed by atoms with Gasteiger partial charge in [-0.3, -0.25) is 0 Å². The van der Waals surface area contributed by atoms with Gasteiger partial charge in [-0.2, -0.15) is 13.8 Å². The van der Waals surface area contributed by atoms with Gasteiger partial charge >= 0.3 is 11.3 Å². The van der Waals surface area contributed by atoms with Crippen LogP contribution in [-0.2, 0) is 10.9 Å². The minimum Gasteiger partial charge on any atom is -0.345 e. The Morgan fingerprint density at radius 3 is 2.46 bits per heavy atom. The number of hydrogen-bond acceptors (Lipinski definition) is 6. The smallest absolute Gasteiger partial charge is 0.345 e. The Bertz CT molecular complexity index is 983. The molecule has 2 heterocycles. The van der Waals surface area contributed by atoms with Crippen LogP contribution in [0.15, 0.2) is 41.2 Å². The highest BCUT2D eigenvalue weighted by atomic mass is 35.5. The maximum atomic E-state index is 14.3. The minimum atomic E-state index is -3.75. The second kappa shape index (κ2) is 6.73. The molecule has 0 radical (unpaired) electrons. The number of anilines is 1. The lowest BCUT2D eigenvalue weighted by Crippen LogP contribution is -2.47. The molecule has 1 aromatic carbocycles. The molecule has 146 valence electrons. The SMILES string of the molecule is CC1CC(Nc2ncc(-c3noc(C(F)(F)Cl)n3)cn2)(c2ccccc2F)C1. The van der Waals surface area contributed by atoms with Crippen molar-refractivity contribution in [1.82, 2.24) is 20.1 Å². The van der Waals surface area contributed by atoms with Gasteiger partial charge in [0.1, 0.15) is 5.82 Å². The lowest BCUT2D eigenvalue weighted by molar-refractivity contribution is 0.0551. The van der Waals surface area contributed by atoms with E-state index in [2.05, 4.69) is 36.9 Å². The molecule has 1 N–H and O–H groups in total. The lowest BCUT2D eigenvalue weighted by Gasteiger charge is -2.47. The largest absolute Gasteiger partial charge is 0.400 e. The molecule has 4 rings (SSSR count). The molecule has 6 nitrogen and oxygen atoms in total. The van der Waals surface area contributed by atoms with Gasteiger partial charge < -0.3 is 9.84 Å². The first-order chi connectivity index (χ1) is 13.3. The third-order valence-electron chi connectivity index (χ3n) is 4.71. The summed E-state index contributed by atoms with van der Waals surface area (Å²) in [4.78, 5) is 11.9. The third-order valence-corrected chi connectivity index (χ3v) is 4.87. The van der Waals surface area contributed by atoms with Crippen molar-refractivity contribution in [2.45, 2.75) is 30.7 Å². The fourth-order valence-electron chi connectivity index (χ4n) is 3.55. The fourth-order valence-corrected chi connectivity index (χ4v) is 3.62. The van der Waals surface area contributed by atoms with E-state index in [1.165, 1.54) is 18.5 Å². The van der Waals surface area contributed by atoms with Gasteiger partial charge in [0, 0.05) is 18.0 Å². The first kappa shape index (κ1) is 18.7. The minimum absolute atomic E-state index is 0.108. The summed E-state index contributed by atoms with van der Waals surface area (Å²) >= 11 is 4.86. The molecule has 1 saturated carbocycles. The number of benzene rings is 1. The van der Waals surface area contributed by atoms with Crippen LogP contribution in [0.4, 0.5) is 19.1 Å². The van der Waals surface area contributed by atoms with Crippen molar-refractivity contribution >= 4 is 17.5 Å². The van der Waals surface area contributed by atoms with E-state index in [0.717, 1.165) is 12.8 Å². The van der Waals surface area contributed by atoms with Crippen molar-refractivity contribution in [2.75, 3.05) is 5.32 Å². The molecule has 2 aromatic heterocycles. The van der Waals surface area contributed by atoms with Crippen LogP contribution in [0.2, 0.25) is 0 Å². The van der Waals surface area contributed by atoms with Crippen molar-refractivity contribution < 1.29 is 17.7 Å². The normalized spacial score (nSPS) is 22.0. The predicted octanol–water partition coefficient (Wildman–Crippen LogP) is 4.69. The predicted molar refractivity (Wildman–Crippen MR) is 95.2 cm³/mol. The van der Waals surface area contributed by atoms with Gasteiger partial charge in [-0.1, -0.05) is 30.3 Å². The molecule has 1 aliphatic rings. The number of halogens is 4. The molecule has 0 aliphatic heterocycles. The zero-order valence-corrected chi connectivity index (χ0v) is 15.4. The highest BCUT2D eigenvalue weighted by Gasteiger charge is 2.45. The number of hydrogen-bond donors (Lipinski definition) is 1. The third kappa shape index (κ3) is 3.42. The Morgan fingerprint density at radius 2 is 1.89 bits per heavy atom. The molecule has 3 aromatic rings. The Morgan fingerprint density at radius 1 is 1.21 bits per heavy atom. The summed E-state index contributed by atoms with van der Waals surface area (Å²) in [6, 6.07) is 6.60. The summed E-state index contributed by atoms with van der Waals surface area (Å²) < 4.78 is 44.8. The summed E-state index contributed by atoms with van der Waals surface area (Å²) in [6.07, 6.45) is 4.21. The van der Waals surface area contributed by atoms with Gasteiger partial charge in [0.15, 0.2) is 0 Å². The number of nitrogens with one attached hydrogen (secondary N) is 1. The quantitative estimate of drug-likeness (QED) is 0.616. The summed E-state index contributed by atoms with van der Waals surface area (Å²) in [5.41, 5.74) is 0.253. The van der Waals surface area contributed by atoms with Crippen LogP contribution in [0.3, 0.4) is 0 Å². The molecule has 1 fully saturated rings. The Kier molecular flexibility index (Phi) is 4.49. The van der Waals surface area contributed by atoms with Crippen molar-refractivity contribution in [3.8, 4) is 11.4 Å². The molecule has 0 spiro atoms. The molecule has 0 bridgehead atoms. The monoisotopic (exact) mass is 409 g/mol. The summed E-state index contributed by atoms with van der Waals surface area (Å²) in [5.74, 6) is -0.692. The van der Waals surface area contributed by atoms with E-state index in [0.29, 0.717) is 11.5 Å². The van der Waals surface area contributed by atoms with Crippen LogP contribution in [0, 0.1) is 11.7 Å². The fraction of sp³-hybridized carbons (Fsp3) is 0.333. The van der Waals surface area contributed by atoms with Gasteiger partial charge in [-0.05, 0) is 36.4 Å². The van der Waals surface area contributed by atoms with Crippen LogP contribution in [0.5, 0.6) is 0 Å². The zero-order valence-electron chi connectivity index (χ0n) is 14.7. The van der Waals surface area contributed by atoms with Gasteiger partial charge in [-0.15, -0.1) is 0 Å². The average Bonchev–Trinajstić information content (AvgIpc) is 3.12. The summed E-state index contributed by atoms with van der Waals surface area (Å²) in [5, 5.41) is 2.92. The molecular formula is C18H15ClF3N5O. The molecule has 0 saturated heterocycles. The van der Waals surface area contributed by atoms with Gasteiger partial charge in [0.2, 0.25) is 11.8 Å². The maximum absolute atomic E-state index is 14.3. The van der Waals surface area contributed by atoms with Crippen LogP contribution in [0.1, 0.15) is 31.2 Å². The van der Waals surface area contributed by atoms with Gasteiger partial charge in [0.25, 0.3) is 0 Å². The molecule has 28 heavy (non-hydrogen) atoms. The Hall–Kier alpha value is -2.68. The zero-order chi connectivity index (χ0) is 19.9. The average molecular weight is 410 g/mol. The summed E-state index contributed by atoms with van der Waals surface area (Å²) in [7, 11) is 0. The molecule has 10 heteroatoms. The number of nitrogens with zero attached hydrogens (tertiary/aromatic N) is 4. The van der Waals surface area contributed by atoms with Crippen molar-refractivity contribution in [3.63, 3.8) is 0 Å². The van der Waals surface area contributed by atoms with E-state index in [1.54, 1.807) is 18.2 Å². The van der Waals surface area contributed by atoms with Crippen molar-refractivity contribution in [1.29, 1.82) is 0 Å². The van der Waals surface area contributed by atoms with Gasteiger partial charge in [0.05, 0.1) is 11.1 Å². The van der Waals surface area contributed by atoms with E-state index in [1.807, 2.05) is 0 Å². The van der Waals surface area contributed by atoms with Crippen LogP contribution in [-0.4, -0.2) is 20.1 Å². The van der Waals surface area contributed by atoms with E-state index in [9.17, 15) is 13.2 Å². The lowest BCUT2D eigenvalue weighted by atomic mass is 9.65. The second-order valence-corrected chi connectivity index (χ2v) is 7.39. The van der Waals surface area contributed by atoms with E-state index < -0.39 is 16.8 Å². The Labute approximate surface area is 163 Å². The highest BCUT2D eigenvalue weighted by Crippen LogP contribution is 2.48. The van der Waals surface area contributed by atoms with Crippen LogP contribution in [0.25, 0.3) is 11.4 Å². The molecule has 0 amide bonds. The standard InChI is InChI=1S/C18H15ClF3N5O/c1-10-6-17(7-10,12-4-2-3-5-13(12)20)26-16-23-8-11(9-24-16)14-25-15(28-27-14)18(19,21)22/h2-5,8-10H,6-7H2,1H3,(H,23,24,26). The number of alkyl halides is 3. The number of aromatic nitrogens is 4. The summed E-state index contributed by atoms with van der Waals surface area (Å²) in [6.45, 7) is 2.09. The molecule has 0 atom stereocenters. The first-order valence-electron chi connectivity index (χ1n) is 8.53. The topological polar surface area (TPSA) is 76.7 Å². The van der Waals surface area contributed by atoms with Gasteiger partial charge in [-0.25, -0.2) is 14.4 Å². The Balaban J connectivity index is 1.57. The maximum Gasteiger partial charge on any atom is 0.400 e. The highest BCUT2D eigenvalue weighted by molar-refractivity contribution is 6.21. The van der Waals surface area contributed by atoms with Crippen LogP contribution >= 0.6 is 11.6 Å². The molecule has 1 aliphatic carbocycles. The van der Waals surface area contributed by atoms with Crippen molar-refractivity contribution in [2.24, 2.45) is 5.92 Å². The number of rotatable bonds is 5. The van der Waals surface area contributed by atoms with Crippen molar-refractivity contribution in [3.05, 3.63) is 53.9 Å².